The molecule has 0 amide bonds. The van der Waals surface area contributed by atoms with Crippen LogP contribution < -0.4 is 5.73 Å². The summed E-state index contributed by atoms with van der Waals surface area (Å²) >= 11 is 0. The van der Waals surface area contributed by atoms with Crippen LogP contribution in [0.1, 0.15) is 24.4 Å². The fourth-order valence-corrected chi connectivity index (χ4v) is 2.00. The lowest BCUT2D eigenvalue weighted by Crippen LogP contribution is -2.26. The van der Waals surface area contributed by atoms with Gasteiger partial charge in [0.15, 0.2) is 0 Å². The third-order valence-electron chi connectivity index (χ3n) is 2.95. The molecule has 2 unspecified atom stereocenters. The lowest BCUT2D eigenvalue weighted by Gasteiger charge is -2.14. The summed E-state index contributed by atoms with van der Waals surface area (Å²) in [7, 11) is 1.93. The largest absolute Gasteiger partial charge is 0.391 e. The van der Waals surface area contributed by atoms with Crippen molar-refractivity contribution in [2.24, 2.45) is 12.8 Å². The van der Waals surface area contributed by atoms with Gasteiger partial charge in [0.1, 0.15) is 5.82 Å². The summed E-state index contributed by atoms with van der Waals surface area (Å²) in [6.45, 7) is 3.72. The Labute approximate surface area is 94.7 Å². The molecular weight excluding hydrogens is 202 g/mol. The van der Waals surface area contributed by atoms with Crippen LogP contribution in [0.2, 0.25) is 0 Å². The summed E-state index contributed by atoms with van der Waals surface area (Å²) in [6, 6.07) is 5.53. The molecule has 0 bridgehead atoms. The van der Waals surface area contributed by atoms with Gasteiger partial charge in [0, 0.05) is 7.05 Å². The van der Waals surface area contributed by atoms with Crippen LogP contribution in [-0.2, 0) is 7.05 Å². The zero-order valence-corrected chi connectivity index (χ0v) is 9.81. The lowest BCUT2D eigenvalue weighted by molar-refractivity contribution is 0.159. The van der Waals surface area contributed by atoms with Crippen LogP contribution in [0, 0.1) is 6.92 Å². The Morgan fingerprint density at radius 1 is 1.44 bits per heavy atom. The predicted octanol–water partition coefficient (Wildman–Crippen LogP) is 1.26. The van der Waals surface area contributed by atoms with Gasteiger partial charge in [-0.05, 0) is 25.5 Å². The second-order valence-corrected chi connectivity index (χ2v) is 4.24. The maximum absolute atomic E-state index is 9.51. The lowest BCUT2D eigenvalue weighted by atomic mass is 10.2. The van der Waals surface area contributed by atoms with Crippen LogP contribution in [0.3, 0.4) is 0 Å². The van der Waals surface area contributed by atoms with Crippen LogP contribution in [0.5, 0.6) is 0 Å². The molecule has 1 aromatic heterocycles. The molecular formula is C12H17N3O. The van der Waals surface area contributed by atoms with Gasteiger partial charge in [0.25, 0.3) is 0 Å². The number of nitrogens with zero attached hydrogens (tertiary/aromatic N) is 2. The predicted molar refractivity (Wildman–Crippen MR) is 64.1 cm³/mol. The van der Waals surface area contributed by atoms with Crippen LogP contribution in [0.25, 0.3) is 11.0 Å². The van der Waals surface area contributed by atoms with Gasteiger partial charge in [-0.2, -0.15) is 0 Å². The Morgan fingerprint density at radius 2 is 2.12 bits per heavy atom. The molecule has 0 aliphatic rings. The van der Waals surface area contributed by atoms with E-state index in [4.69, 9.17) is 5.73 Å². The van der Waals surface area contributed by atoms with Gasteiger partial charge >= 0.3 is 0 Å². The molecule has 4 heteroatoms. The summed E-state index contributed by atoms with van der Waals surface area (Å²) in [5.41, 5.74) is 9.08. The summed E-state index contributed by atoms with van der Waals surface area (Å²) in [5, 5.41) is 9.51. The van der Waals surface area contributed by atoms with E-state index < -0.39 is 12.1 Å². The maximum Gasteiger partial charge on any atom is 0.129 e. The van der Waals surface area contributed by atoms with Gasteiger partial charge in [-0.1, -0.05) is 12.1 Å². The number of aromatic nitrogens is 2. The molecule has 3 N–H and O–H groups in total. The van der Waals surface area contributed by atoms with E-state index >= 15 is 0 Å². The van der Waals surface area contributed by atoms with Crippen molar-refractivity contribution in [1.29, 1.82) is 0 Å². The number of imidazole rings is 1. The van der Waals surface area contributed by atoms with E-state index in [9.17, 15) is 5.11 Å². The van der Waals surface area contributed by atoms with E-state index in [1.165, 1.54) is 0 Å². The Bertz CT molecular complexity index is 516. The molecule has 0 spiro atoms. The molecule has 0 aliphatic carbocycles. The Hall–Kier alpha value is -1.39. The molecule has 16 heavy (non-hydrogen) atoms. The SMILES string of the molecule is Cc1cccc2nc(C(N)C(C)O)n(C)c12. The molecule has 86 valence electrons. The second kappa shape index (κ2) is 3.88. The van der Waals surface area contributed by atoms with Crippen molar-refractivity contribution in [2.75, 3.05) is 0 Å². The number of nitrogens with two attached hydrogens (primary N) is 1. The summed E-state index contributed by atoms with van der Waals surface area (Å²) in [4.78, 5) is 4.47. The molecule has 0 aliphatic heterocycles. The summed E-state index contributed by atoms with van der Waals surface area (Å²) in [6.07, 6.45) is -0.601. The first-order valence-electron chi connectivity index (χ1n) is 5.38. The normalized spacial score (nSPS) is 15.3. The van der Waals surface area contributed by atoms with Crippen molar-refractivity contribution in [3.05, 3.63) is 29.6 Å². The minimum absolute atomic E-state index is 0.447. The number of aryl methyl sites for hydroxylation is 2. The van der Waals surface area contributed by atoms with Gasteiger partial charge in [-0.15, -0.1) is 0 Å². The summed E-state index contributed by atoms with van der Waals surface area (Å²) in [5.74, 6) is 0.722. The van der Waals surface area contributed by atoms with Crippen molar-refractivity contribution in [3.8, 4) is 0 Å². The van der Waals surface area contributed by atoms with Gasteiger partial charge in [0.2, 0.25) is 0 Å². The Kier molecular flexibility index (Phi) is 2.69. The van der Waals surface area contributed by atoms with Gasteiger partial charge in [0.05, 0.1) is 23.2 Å². The van der Waals surface area contributed by atoms with E-state index in [2.05, 4.69) is 4.98 Å². The third-order valence-corrected chi connectivity index (χ3v) is 2.95. The zero-order chi connectivity index (χ0) is 11.9. The van der Waals surface area contributed by atoms with Gasteiger partial charge < -0.3 is 15.4 Å². The minimum Gasteiger partial charge on any atom is -0.391 e. The fourth-order valence-electron chi connectivity index (χ4n) is 2.00. The van der Waals surface area contributed by atoms with Crippen molar-refractivity contribution in [1.82, 2.24) is 9.55 Å². The smallest absolute Gasteiger partial charge is 0.129 e. The van der Waals surface area contributed by atoms with Gasteiger partial charge in [-0.3, -0.25) is 0 Å². The van der Waals surface area contributed by atoms with E-state index in [0.29, 0.717) is 0 Å². The number of rotatable bonds is 2. The first-order valence-corrected chi connectivity index (χ1v) is 5.38. The summed E-state index contributed by atoms with van der Waals surface area (Å²) < 4.78 is 1.96. The Morgan fingerprint density at radius 3 is 2.69 bits per heavy atom. The van der Waals surface area contributed by atoms with Crippen molar-refractivity contribution in [2.45, 2.75) is 26.0 Å². The fraction of sp³-hybridized carbons (Fsp3) is 0.417. The molecule has 2 aromatic rings. The molecule has 0 radical (unpaired) electrons. The second-order valence-electron chi connectivity index (χ2n) is 4.24. The highest BCUT2D eigenvalue weighted by Crippen LogP contribution is 2.22. The Balaban J connectivity index is 2.65. The van der Waals surface area contributed by atoms with E-state index in [1.54, 1.807) is 6.92 Å². The molecule has 0 fully saturated rings. The molecule has 4 nitrogen and oxygen atoms in total. The van der Waals surface area contributed by atoms with E-state index in [-0.39, 0.29) is 0 Å². The molecule has 2 atom stereocenters. The molecule has 1 aromatic carbocycles. The van der Waals surface area contributed by atoms with Crippen LogP contribution >= 0.6 is 0 Å². The highest BCUT2D eigenvalue weighted by Gasteiger charge is 2.19. The number of hydrogen-bond donors (Lipinski definition) is 2. The first-order chi connectivity index (χ1) is 7.52. The minimum atomic E-state index is -0.601. The first kappa shape index (κ1) is 11.1. The standard InChI is InChI=1S/C12H17N3O/c1-7-5-4-6-9-11(7)15(3)12(14-9)10(13)8(2)16/h4-6,8,10,16H,13H2,1-3H3. The monoisotopic (exact) mass is 219 g/mol. The van der Waals surface area contributed by atoms with Crippen molar-refractivity contribution >= 4 is 11.0 Å². The molecule has 0 saturated heterocycles. The number of aliphatic hydroxyl groups is 1. The average molecular weight is 219 g/mol. The maximum atomic E-state index is 9.51. The van der Waals surface area contributed by atoms with Crippen LogP contribution in [-0.4, -0.2) is 20.8 Å². The van der Waals surface area contributed by atoms with Crippen molar-refractivity contribution < 1.29 is 5.11 Å². The van der Waals surface area contributed by atoms with Crippen LogP contribution in [0.15, 0.2) is 18.2 Å². The van der Waals surface area contributed by atoms with Crippen LogP contribution in [0.4, 0.5) is 0 Å². The highest BCUT2D eigenvalue weighted by atomic mass is 16.3. The molecule has 2 rings (SSSR count). The molecule has 1 heterocycles. The average Bonchev–Trinajstić information content (AvgIpc) is 2.56. The number of fused-ring (bicyclic) bond motifs is 1. The number of hydrogen-bond acceptors (Lipinski definition) is 3. The van der Waals surface area contributed by atoms with Gasteiger partial charge in [-0.25, -0.2) is 4.98 Å². The number of aliphatic hydroxyl groups excluding tert-OH is 1. The third kappa shape index (κ3) is 1.60. The quantitative estimate of drug-likeness (QED) is 0.799. The number of benzene rings is 1. The van der Waals surface area contributed by atoms with E-state index in [0.717, 1.165) is 22.4 Å². The topological polar surface area (TPSA) is 64.1 Å². The molecule has 0 saturated carbocycles. The number of para-hydroxylation sites is 1. The zero-order valence-electron chi connectivity index (χ0n) is 9.81. The van der Waals surface area contributed by atoms with Crippen molar-refractivity contribution in [3.63, 3.8) is 0 Å². The van der Waals surface area contributed by atoms with E-state index in [1.807, 2.05) is 36.7 Å². The highest BCUT2D eigenvalue weighted by molar-refractivity contribution is 5.79.